The van der Waals surface area contributed by atoms with Crippen molar-refractivity contribution in [3.8, 4) is 0 Å². The largest absolute Gasteiger partial charge is 0.350 e. The van der Waals surface area contributed by atoms with E-state index in [9.17, 15) is 9.59 Å². The summed E-state index contributed by atoms with van der Waals surface area (Å²) >= 11 is 0. The lowest BCUT2D eigenvalue weighted by Gasteiger charge is -2.21. The van der Waals surface area contributed by atoms with Crippen molar-refractivity contribution in [2.45, 2.75) is 33.2 Å². The fraction of sp³-hybridized carbons (Fsp3) is 0.500. The SMILES string of the molecule is CC(C)NC(=O)c1cccc(NC(=O)C2(C)CCNC2)c1. The number of carbonyl (C=O) groups excluding carboxylic acids is 2. The Hall–Kier alpha value is -1.88. The Morgan fingerprint density at radius 2 is 2.10 bits per heavy atom. The Morgan fingerprint density at radius 1 is 1.33 bits per heavy atom. The lowest BCUT2D eigenvalue weighted by molar-refractivity contribution is -0.123. The minimum atomic E-state index is -0.379. The maximum Gasteiger partial charge on any atom is 0.251 e. The van der Waals surface area contributed by atoms with Gasteiger partial charge in [0.1, 0.15) is 0 Å². The average molecular weight is 289 g/mol. The van der Waals surface area contributed by atoms with Crippen LogP contribution in [0.1, 0.15) is 37.6 Å². The van der Waals surface area contributed by atoms with Crippen LogP contribution in [0.4, 0.5) is 5.69 Å². The van der Waals surface area contributed by atoms with Gasteiger partial charge in [0, 0.05) is 23.8 Å². The van der Waals surface area contributed by atoms with E-state index in [2.05, 4.69) is 16.0 Å². The standard InChI is InChI=1S/C16H23N3O2/c1-11(2)18-14(20)12-5-4-6-13(9-12)19-15(21)16(3)7-8-17-10-16/h4-6,9,11,17H,7-8,10H2,1-3H3,(H,18,20)(H,19,21). The van der Waals surface area contributed by atoms with Gasteiger partial charge in [0.15, 0.2) is 0 Å². The highest BCUT2D eigenvalue weighted by molar-refractivity contribution is 5.98. The summed E-state index contributed by atoms with van der Waals surface area (Å²) in [5.41, 5.74) is 0.830. The molecule has 0 saturated carbocycles. The Labute approximate surface area is 125 Å². The fourth-order valence-electron chi connectivity index (χ4n) is 2.38. The molecule has 3 N–H and O–H groups in total. The van der Waals surface area contributed by atoms with E-state index in [1.165, 1.54) is 0 Å². The molecule has 1 saturated heterocycles. The third-order valence-corrected chi connectivity index (χ3v) is 3.72. The van der Waals surface area contributed by atoms with Crippen LogP contribution in [0.15, 0.2) is 24.3 Å². The van der Waals surface area contributed by atoms with Crippen molar-refractivity contribution in [3.63, 3.8) is 0 Å². The van der Waals surface area contributed by atoms with Crippen LogP contribution in [0.2, 0.25) is 0 Å². The van der Waals surface area contributed by atoms with Crippen LogP contribution in [0.3, 0.4) is 0 Å². The third kappa shape index (κ3) is 3.82. The molecule has 1 fully saturated rings. The second-order valence-electron chi connectivity index (χ2n) is 6.15. The first kappa shape index (κ1) is 15.5. The molecule has 1 atom stereocenters. The summed E-state index contributed by atoms with van der Waals surface area (Å²) in [7, 11) is 0. The predicted octanol–water partition coefficient (Wildman–Crippen LogP) is 1.76. The molecular weight excluding hydrogens is 266 g/mol. The quantitative estimate of drug-likeness (QED) is 0.791. The molecule has 5 heteroatoms. The van der Waals surface area contributed by atoms with Gasteiger partial charge in [-0.2, -0.15) is 0 Å². The van der Waals surface area contributed by atoms with Crippen LogP contribution in [-0.4, -0.2) is 30.9 Å². The minimum absolute atomic E-state index is 0.00563. The lowest BCUT2D eigenvalue weighted by atomic mass is 9.88. The van der Waals surface area contributed by atoms with Gasteiger partial charge in [0.25, 0.3) is 5.91 Å². The highest BCUT2D eigenvalue weighted by Gasteiger charge is 2.36. The van der Waals surface area contributed by atoms with E-state index in [1.54, 1.807) is 24.3 Å². The molecule has 0 aromatic heterocycles. The first-order valence-corrected chi connectivity index (χ1v) is 7.34. The fourth-order valence-corrected chi connectivity index (χ4v) is 2.38. The van der Waals surface area contributed by atoms with Gasteiger partial charge < -0.3 is 16.0 Å². The number of hydrogen-bond acceptors (Lipinski definition) is 3. The zero-order valence-corrected chi connectivity index (χ0v) is 12.8. The maximum absolute atomic E-state index is 12.3. The van der Waals surface area contributed by atoms with Crippen molar-refractivity contribution in [1.29, 1.82) is 0 Å². The smallest absolute Gasteiger partial charge is 0.251 e. The summed E-state index contributed by atoms with van der Waals surface area (Å²) in [4.78, 5) is 24.3. The number of benzene rings is 1. The summed E-state index contributed by atoms with van der Waals surface area (Å²) in [6, 6.07) is 7.11. The second-order valence-corrected chi connectivity index (χ2v) is 6.15. The van der Waals surface area contributed by atoms with Crippen molar-refractivity contribution >= 4 is 17.5 Å². The average Bonchev–Trinajstić information content (AvgIpc) is 2.86. The highest BCUT2D eigenvalue weighted by Crippen LogP contribution is 2.26. The summed E-state index contributed by atoms with van der Waals surface area (Å²) in [5.74, 6) is -0.135. The zero-order chi connectivity index (χ0) is 15.5. The van der Waals surface area contributed by atoms with Gasteiger partial charge in [0.05, 0.1) is 5.41 Å². The second kappa shape index (κ2) is 6.26. The van der Waals surface area contributed by atoms with Crippen LogP contribution in [-0.2, 0) is 4.79 Å². The number of hydrogen-bond donors (Lipinski definition) is 3. The minimum Gasteiger partial charge on any atom is -0.350 e. The molecule has 2 amide bonds. The molecule has 0 bridgehead atoms. The van der Waals surface area contributed by atoms with E-state index in [1.807, 2.05) is 20.8 Å². The van der Waals surface area contributed by atoms with Gasteiger partial charge in [-0.3, -0.25) is 9.59 Å². The van der Waals surface area contributed by atoms with E-state index >= 15 is 0 Å². The van der Waals surface area contributed by atoms with Crippen molar-refractivity contribution in [3.05, 3.63) is 29.8 Å². The number of anilines is 1. The van der Waals surface area contributed by atoms with Gasteiger partial charge in [-0.25, -0.2) is 0 Å². The van der Waals surface area contributed by atoms with E-state index in [0.717, 1.165) is 13.0 Å². The van der Waals surface area contributed by atoms with Crippen LogP contribution < -0.4 is 16.0 Å². The van der Waals surface area contributed by atoms with E-state index in [0.29, 0.717) is 17.8 Å². The summed E-state index contributed by atoms with van der Waals surface area (Å²) in [6.45, 7) is 7.33. The molecule has 1 aromatic rings. The van der Waals surface area contributed by atoms with Crippen LogP contribution in [0.5, 0.6) is 0 Å². The Morgan fingerprint density at radius 3 is 2.71 bits per heavy atom. The highest BCUT2D eigenvalue weighted by atomic mass is 16.2. The molecule has 21 heavy (non-hydrogen) atoms. The molecule has 5 nitrogen and oxygen atoms in total. The van der Waals surface area contributed by atoms with E-state index in [-0.39, 0.29) is 23.3 Å². The normalized spacial score (nSPS) is 21.3. The molecule has 0 aliphatic carbocycles. The zero-order valence-electron chi connectivity index (χ0n) is 12.8. The maximum atomic E-state index is 12.3. The first-order chi connectivity index (χ1) is 9.90. The van der Waals surface area contributed by atoms with Crippen LogP contribution in [0.25, 0.3) is 0 Å². The van der Waals surface area contributed by atoms with Gasteiger partial charge in [-0.1, -0.05) is 6.07 Å². The van der Waals surface area contributed by atoms with Gasteiger partial charge >= 0.3 is 0 Å². The number of rotatable bonds is 4. The van der Waals surface area contributed by atoms with Gasteiger partial charge in [-0.05, 0) is 51.9 Å². The predicted molar refractivity (Wildman–Crippen MR) is 83.3 cm³/mol. The molecular formula is C16H23N3O2. The molecule has 0 radical (unpaired) electrons. The van der Waals surface area contributed by atoms with Crippen molar-refractivity contribution < 1.29 is 9.59 Å². The van der Waals surface area contributed by atoms with E-state index < -0.39 is 0 Å². The summed E-state index contributed by atoms with van der Waals surface area (Å²) in [6.07, 6.45) is 0.826. The molecule has 1 unspecified atom stereocenters. The molecule has 1 aliphatic heterocycles. The molecule has 1 aliphatic rings. The van der Waals surface area contributed by atoms with Crippen molar-refractivity contribution in [2.75, 3.05) is 18.4 Å². The molecule has 114 valence electrons. The van der Waals surface area contributed by atoms with Crippen LogP contribution in [0, 0.1) is 5.41 Å². The Balaban J connectivity index is 2.07. The molecule has 1 heterocycles. The lowest BCUT2D eigenvalue weighted by Crippen LogP contribution is -2.35. The number of carbonyl (C=O) groups is 2. The van der Waals surface area contributed by atoms with Gasteiger partial charge in [0.2, 0.25) is 5.91 Å². The first-order valence-electron chi connectivity index (χ1n) is 7.34. The molecule has 2 rings (SSSR count). The molecule has 0 spiro atoms. The Bertz CT molecular complexity index is 534. The third-order valence-electron chi connectivity index (χ3n) is 3.72. The summed E-state index contributed by atoms with van der Waals surface area (Å²) < 4.78 is 0. The van der Waals surface area contributed by atoms with E-state index in [4.69, 9.17) is 0 Å². The Kier molecular flexibility index (Phi) is 4.63. The monoisotopic (exact) mass is 289 g/mol. The van der Waals surface area contributed by atoms with Gasteiger partial charge in [-0.15, -0.1) is 0 Å². The number of amides is 2. The number of nitrogens with one attached hydrogen (secondary N) is 3. The molecule has 1 aromatic carbocycles. The van der Waals surface area contributed by atoms with Crippen molar-refractivity contribution in [1.82, 2.24) is 10.6 Å². The summed E-state index contributed by atoms with van der Waals surface area (Å²) in [5, 5.41) is 8.96. The van der Waals surface area contributed by atoms with Crippen molar-refractivity contribution in [2.24, 2.45) is 5.41 Å². The van der Waals surface area contributed by atoms with Crippen LogP contribution >= 0.6 is 0 Å². The topological polar surface area (TPSA) is 70.2 Å².